The molecule has 0 fully saturated rings. The first-order valence-corrected chi connectivity index (χ1v) is 8.34. The number of hydrogen-bond donors (Lipinski definition) is 2. The van der Waals surface area contributed by atoms with Crippen LogP contribution in [0.15, 0.2) is 51.7 Å². The van der Waals surface area contributed by atoms with E-state index in [1.54, 1.807) is 30.6 Å². The Balaban J connectivity index is 1.59. The first-order chi connectivity index (χ1) is 12.5. The molecule has 3 aromatic heterocycles. The molecule has 0 saturated heterocycles. The topological polar surface area (TPSA) is 110 Å². The van der Waals surface area contributed by atoms with E-state index in [9.17, 15) is 14.7 Å². The molecule has 0 aliphatic carbocycles. The van der Waals surface area contributed by atoms with Gasteiger partial charge in [-0.2, -0.15) is 5.10 Å². The zero-order valence-corrected chi connectivity index (χ0v) is 14.7. The average molecular weight is 415 g/mol. The Kier molecular flexibility index (Phi) is 3.92. The minimum absolute atomic E-state index is 0.0544. The number of fused-ring (bicyclic) bond motifs is 2. The maximum Gasteiger partial charge on any atom is 0.339 e. The summed E-state index contributed by atoms with van der Waals surface area (Å²) in [6, 6.07) is 6.64. The number of rotatable bonds is 4. The summed E-state index contributed by atoms with van der Waals surface area (Å²) in [5.74, 6) is -0.990. The van der Waals surface area contributed by atoms with Crippen molar-refractivity contribution in [1.29, 1.82) is 0 Å². The second kappa shape index (κ2) is 6.26. The van der Waals surface area contributed by atoms with Gasteiger partial charge in [-0.15, -0.1) is 0 Å². The van der Waals surface area contributed by atoms with Crippen LogP contribution < -0.4 is 5.32 Å². The van der Waals surface area contributed by atoms with Crippen molar-refractivity contribution in [2.75, 3.05) is 0 Å². The standard InChI is InChI=1S/C17H11BrN4O4/c18-10-4-9-5-11(26-14(9)12(6-10)17(24)25)7-20-16(23)13-8-21-22-3-1-2-19-15(13)22/h1-6,8H,7H2,(H,20,23)(H,24,25). The van der Waals surface area contributed by atoms with Crippen LogP contribution in [0.1, 0.15) is 26.5 Å². The zero-order chi connectivity index (χ0) is 18.3. The molecule has 0 bridgehead atoms. The van der Waals surface area contributed by atoms with E-state index >= 15 is 0 Å². The maximum atomic E-state index is 12.4. The molecule has 0 saturated carbocycles. The van der Waals surface area contributed by atoms with Crippen LogP contribution in [0, 0.1) is 0 Å². The Morgan fingerprint density at radius 1 is 1.27 bits per heavy atom. The predicted octanol–water partition coefficient (Wildman–Crippen LogP) is 2.87. The van der Waals surface area contributed by atoms with Crippen LogP contribution in [-0.2, 0) is 6.54 Å². The highest BCUT2D eigenvalue weighted by molar-refractivity contribution is 9.10. The lowest BCUT2D eigenvalue weighted by molar-refractivity contribution is 0.0697. The fourth-order valence-corrected chi connectivity index (χ4v) is 3.14. The van der Waals surface area contributed by atoms with Gasteiger partial charge in [-0.1, -0.05) is 15.9 Å². The van der Waals surface area contributed by atoms with Crippen molar-refractivity contribution >= 4 is 44.4 Å². The molecule has 0 aliphatic rings. The lowest BCUT2D eigenvalue weighted by Gasteiger charge is -2.01. The number of aromatic carboxylic acids is 1. The highest BCUT2D eigenvalue weighted by Crippen LogP contribution is 2.27. The molecule has 2 N–H and O–H groups in total. The van der Waals surface area contributed by atoms with Crippen molar-refractivity contribution in [2.24, 2.45) is 0 Å². The van der Waals surface area contributed by atoms with Crippen molar-refractivity contribution in [3.05, 3.63) is 64.2 Å². The zero-order valence-electron chi connectivity index (χ0n) is 13.1. The number of carbonyl (C=O) groups is 2. The number of carboxylic acids is 1. The molecule has 130 valence electrons. The number of nitrogens with zero attached hydrogens (tertiary/aromatic N) is 3. The fraction of sp³-hybridized carbons (Fsp3) is 0.0588. The largest absolute Gasteiger partial charge is 0.478 e. The van der Waals surface area contributed by atoms with E-state index in [0.29, 0.717) is 26.8 Å². The van der Waals surface area contributed by atoms with Gasteiger partial charge in [0.15, 0.2) is 5.65 Å². The van der Waals surface area contributed by atoms with Crippen LogP contribution in [0.2, 0.25) is 0 Å². The summed E-state index contributed by atoms with van der Waals surface area (Å²) in [5, 5.41) is 16.7. The fourth-order valence-electron chi connectivity index (χ4n) is 2.67. The van der Waals surface area contributed by atoms with Gasteiger partial charge >= 0.3 is 5.97 Å². The summed E-state index contributed by atoms with van der Waals surface area (Å²) in [6.07, 6.45) is 4.72. The molecular formula is C17H11BrN4O4. The lowest BCUT2D eigenvalue weighted by Crippen LogP contribution is -2.22. The quantitative estimate of drug-likeness (QED) is 0.531. The molecule has 4 rings (SSSR count). The highest BCUT2D eigenvalue weighted by Gasteiger charge is 2.17. The Hall–Kier alpha value is -3.20. The van der Waals surface area contributed by atoms with Crippen LogP contribution in [0.5, 0.6) is 0 Å². The molecule has 1 aromatic carbocycles. The Bertz CT molecular complexity index is 1160. The third-order valence-corrected chi connectivity index (χ3v) is 4.27. The highest BCUT2D eigenvalue weighted by atomic mass is 79.9. The number of carbonyl (C=O) groups excluding carboxylic acids is 1. The van der Waals surface area contributed by atoms with Crippen LogP contribution in [0.3, 0.4) is 0 Å². The molecule has 0 unspecified atom stereocenters. The summed E-state index contributed by atoms with van der Waals surface area (Å²) < 4.78 is 7.76. The van der Waals surface area contributed by atoms with Gasteiger partial charge in [-0.05, 0) is 24.3 Å². The van der Waals surface area contributed by atoms with Crippen molar-refractivity contribution in [2.45, 2.75) is 6.54 Å². The van der Waals surface area contributed by atoms with Gasteiger partial charge in [-0.25, -0.2) is 14.3 Å². The molecule has 3 heterocycles. The number of amides is 1. The molecule has 1 amide bonds. The van der Waals surface area contributed by atoms with Gasteiger partial charge in [0, 0.05) is 22.3 Å². The third-order valence-electron chi connectivity index (χ3n) is 3.81. The number of benzene rings is 1. The number of halogens is 1. The van der Waals surface area contributed by atoms with E-state index in [4.69, 9.17) is 4.42 Å². The summed E-state index contributed by atoms with van der Waals surface area (Å²) >= 11 is 3.28. The first kappa shape index (κ1) is 16.3. The maximum absolute atomic E-state index is 12.4. The van der Waals surface area contributed by atoms with Crippen LogP contribution in [0.4, 0.5) is 0 Å². The SMILES string of the molecule is O=C(O)c1cc(Br)cc2cc(CNC(=O)c3cnn4cccnc34)oc12. The van der Waals surface area contributed by atoms with E-state index < -0.39 is 5.97 Å². The van der Waals surface area contributed by atoms with Crippen LogP contribution in [-0.4, -0.2) is 31.6 Å². The van der Waals surface area contributed by atoms with E-state index in [-0.39, 0.29) is 23.6 Å². The summed E-state index contributed by atoms with van der Waals surface area (Å²) in [6.45, 7) is 0.106. The van der Waals surface area contributed by atoms with E-state index in [2.05, 4.69) is 31.3 Å². The molecule has 0 atom stereocenters. The van der Waals surface area contributed by atoms with Gasteiger partial charge in [0.1, 0.15) is 22.5 Å². The molecule has 8 nitrogen and oxygen atoms in total. The lowest BCUT2D eigenvalue weighted by atomic mass is 10.1. The van der Waals surface area contributed by atoms with Crippen molar-refractivity contribution < 1.29 is 19.1 Å². The minimum atomic E-state index is -1.08. The molecule has 0 spiro atoms. The summed E-state index contributed by atoms with van der Waals surface area (Å²) in [7, 11) is 0. The van der Waals surface area contributed by atoms with Gasteiger partial charge in [0.2, 0.25) is 0 Å². The molecule has 26 heavy (non-hydrogen) atoms. The third kappa shape index (κ3) is 2.82. The number of hydrogen-bond acceptors (Lipinski definition) is 5. The Labute approximate surface area is 154 Å². The Morgan fingerprint density at radius 2 is 2.12 bits per heavy atom. The Morgan fingerprint density at radius 3 is 2.92 bits per heavy atom. The number of furan rings is 1. The van der Waals surface area contributed by atoms with Crippen LogP contribution >= 0.6 is 15.9 Å². The molecule has 4 aromatic rings. The normalized spacial score (nSPS) is 11.1. The van der Waals surface area contributed by atoms with Crippen molar-refractivity contribution in [3.8, 4) is 0 Å². The molecule has 9 heteroatoms. The summed E-state index contributed by atoms with van der Waals surface area (Å²) in [4.78, 5) is 27.9. The van der Waals surface area contributed by atoms with E-state index in [1.165, 1.54) is 16.8 Å². The average Bonchev–Trinajstić information content (AvgIpc) is 3.22. The molecular weight excluding hydrogens is 404 g/mol. The predicted molar refractivity (Wildman–Crippen MR) is 95.0 cm³/mol. The van der Waals surface area contributed by atoms with Gasteiger partial charge in [0.05, 0.1) is 12.7 Å². The first-order valence-electron chi connectivity index (χ1n) is 7.55. The smallest absolute Gasteiger partial charge is 0.339 e. The minimum Gasteiger partial charge on any atom is -0.478 e. The van der Waals surface area contributed by atoms with Gasteiger partial charge in [-0.3, -0.25) is 4.79 Å². The second-order valence-electron chi connectivity index (χ2n) is 5.52. The van der Waals surface area contributed by atoms with Crippen molar-refractivity contribution in [3.63, 3.8) is 0 Å². The monoisotopic (exact) mass is 414 g/mol. The van der Waals surface area contributed by atoms with Gasteiger partial charge in [0.25, 0.3) is 5.91 Å². The van der Waals surface area contributed by atoms with Crippen molar-refractivity contribution in [1.82, 2.24) is 19.9 Å². The number of nitrogens with one attached hydrogen (secondary N) is 1. The van der Waals surface area contributed by atoms with Crippen LogP contribution in [0.25, 0.3) is 16.6 Å². The molecule has 0 aliphatic heterocycles. The van der Waals surface area contributed by atoms with Gasteiger partial charge < -0.3 is 14.8 Å². The number of carboxylic acid groups (broad SMARTS) is 1. The van der Waals surface area contributed by atoms with E-state index in [1.807, 2.05) is 0 Å². The summed E-state index contributed by atoms with van der Waals surface area (Å²) in [5.41, 5.74) is 1.11. The molecule has 0 radical (unpaired) electrons. The number of aromatic nitrogens is 3. The van der Waals surface area contributed by atoms with E-state index in [0.717, 1.165) is 0 Å². The second-order valence-corrected chi connectivity index (χ2v) is 6.43.